The maximum absolute atomic E-state index is 14.2. The van der Waals surface area contributed by atoms with Gasteiger partial charge in [-0.1, -0.05) is 17.7 Å². The van der Waals surface area contributed by atoms with E-state index in [2.05, 4.69) is 5.32 Å². The number of hydrogen-bond acceptors (Lipinski definition) is 5. The van der Waals surface area contributed by atoms with Gasteiger partial charge in [0.05, 0.1) is 12.6 Å². The molecule has 8 nitrogen and oxygen atoms in total. The molecular weight excluding hydrogens is 472 g/mol. The molecule has 2 N–H and O–H groups in total. The number of amides is 2. The molecule has 1 aromatic heterocycles. The minimum absolute atomic E-state index is 0.0710. The fraction of sp³-hybridized carbons (Fsp3) is 0.435. The van der Waals surface area contributed by atoms with Crippen molar-refractivity contribution in [2.75, 3.05) is 13.2 Å². The van der Waals surface area contributed by atoms with Gasteiger partial charge in [-0.05, 0) is 31.2 Å². The molecule has 0 bridgehead atoms. The molecule has 0 unspecified atom stereocenters. The molecule has 6 rings (SSSR count). The standard InChI is InChI=1S/C23H20ClF2N3O5/c24-16-14(25)3-2-10(17(16)26)8-27-21(32)12-9-28-15-7-11-6-13(11)23(15)29(4-1-5-34-23)22(33)18(28)20(31)19(12)30/h2-3,9,11,13,15,31H,1,4-8H2,(H,27,32)/t11-,13-,15-,23-/m0/s1. The summed E-state index contributed by atoms with van der Waals surface area (Å²) < 4.78 is 35.3. The summed E-state index contributed by atoms with van der Waals surface area (Å²) in [5.74, 6) is -3.55. The Labute approximate surface area is 197 Å². The summed E-state index contributed by atoms with van der Waals surface area (Å²) in [6.45, 7) is 0.615. The van der Waals surface area contributed by atoms with Crippen LogP contribution in [0, 0.1) is 23.5 Å². The smallest absolute Gasteiger partial charge is 0.276 e. The second-order valence-electron chi connectivity index (χ2n) is 9.26. The molecule has 2 aliphatic carbocycles. The van der Waals surface area contributed by atoms with Crippen LogP contribution in [0.15, 0.2) is 23.1 Å². The van der Waals surface area contributed by atoms with Crippen LogP contribution in [0.3, 0.4) is 0 Å². The third-order valence-electron chi connectivity index (χ3n) is 7.53. The number of nitrogens with one attached hydrogen (secondary N) is 1. The average molecular weight is 492 g/mol. The number of pyridine rings is 1. The van der Waals surface area contributed by atoms with Crippen LogP contribution >= 0.6 is 11.6 Å². The summed E-state index contributed by atoms with van der Waals surface area (Å²) in [5.41, 5.74) is -2.44. The van der Waals surface area contributed by atoms with Gasteiger partial charge in [-0.2, -0.15) is 0 Å². The quantitative estimate of drug-likeness (QED) is 0.643. The van der Waals surface area contributed by atoms with Crippen LogP contribution < -0.4 is 10.7 Å². The minimum atomic E-state index is -1.01. The molecule has 1 saturated heterocycles. The first-order chi connectivity index (χ1) is 16.3. The summed E-state index contributed by atoms with van der Waals surface area (Å²) in [6, 6.07) is 1.77. The summed E-state index contributed by atoms with van der Waals surface area (Å²) in [5, 5.41) is 12.4. The van der Waals surface area contributed by atoms with Crippen LogP contribution in [0.4, 0.5) is 8.78 Å². The van der Waals surface area contributed by atoms with E-state index in [0.29, 0.717) is 31.9 Å². The third-order valence-corrected chi connectivity index (χ3v) is 7.88. The molecule has 2 aliphatic heterocycles. The van der Waals surface area contributed by atoms with E-state index in [4.69, 9.17) is 16.3 Å². The van der Waals surface area contributed by atoms with Crippen LogP contribution in [-0.2, 0) is 11.3 Å². The van der Waals surface area contributed by atoms with E-state index < -0.39 is 45.4 Å². The summed E-state index contributed by atoms with van der Waals surface area (Å²) >= 11 is 5.58. The summed E-state index contributed by atoms with van der Waals surface area (Å²) in [6.07, 6.45) is 3.59. The fourth-order valence-electron chi connectivity index (χ4n) is 5.92. The number of carbonyl (C=O) groups is 2. The second kappa shape index (κ2) is 7.26. The van der Waals surface area contributed by atoms with Crippen molar-refractivity contribution < 1.29 is 28.2 Å². The van der Waals surface area contributed by atoms with Gasteiger partial charge >= 0.3 is 0 Å². The highest BCUT2D eigenvalue weighted by atomic mass is 35.5. The molecule has 2 saturated carbocycles. The number of nitrogens with zero attached hydrogens (tertiary/aromatic N) is 2. The second-order valence-corrected chi connectivity index (χ2v) is 9.64. The van der Waals surface area contributed by atoms with E-state index in [1.807, 2.05) is 0 Å². The predicted molar refractivity (Wildman–Crippen MR) is 114 cm³/mol. The van der Waals surface area contributed by atoms with Gasteiger partial charge in [0, 0.05) is 30.8 Å². The maximum Gasteiger partial charge on any atom is 0.276 e. The highest BCUT2D eigenvalue weighted by Gasteiger charge is 2.71. The van der Waals surface area contributed by atoms with E-state index in [0.717, 1.165) is 18.6 Å². The highest BCUT2D eigenvalue weighted by molar-refractivity contribution is 6.30. The van der Waals surface area contributed by atoms with Gasteiger partial charge in [0.25, 0.3) is 11.8 Å². The zero-order chi connectivity index (χ0) is 23.9. The Morgan fingerprint density at radius 2 is 2.09 bits per heavy atom. The van der Waals surface area contributed by atoms with Crippen LogP contribution in [-0.4, -0.2) is 45.3 Å². The lowest BCUT2D eigenvalue weighted by atomic mass is 9.92. The molecule has 34 heavy (non-hydrogen) atoms. The van der Waals surface area contributed by atoms with Gasteiger partial charge in [0.2, 0.25) is 5.43 Å². The van der Waals surface area contributed by atoms with Gasteiger partial charge in [0.15, 0.2) is 17.2 Å². The molecule has 1 spiro atoms. The van der Waals surface area contributed by atoms with Crippen molar-refractivity contribution in [3.8, 4) is 5.75 Å². The van der Waals surface area contributed by atoms with Crippen molar-refractivity contribution in [3.05, 3.63) is 62.0 Å². The van der Waals surface area contributed by atoms with Crippen molar-refractivity contribution in [2.45, 2.75) is 37.6 Å². The SMILES string of the molecule is O=C(NCc1ccc(F)c(Cl)c1F)c1cn2c(c(O)c1=O)C(=O)N1CCCO[C@@]13[C@@H]2C[C@@H]1C[C@@H]13. The Hall–Kier alpha value is -2.98. The van der Waals surface area contributed by atoms with Crippen molar-refractivity contribution in [2.24, 2.45) is 11.8 Å². The summed E-state index contributed by atoms with van der Waals surface area (Å²) in [4.78, 5) is 40.7. The molecule has 0 radical (unpaired) electrons. The van der Waals surface area contributed by atoms with Crippen molar-refractivity contribution in [1.29, 1.82) is 0 Å². The largest absolute Gasteiger partial charge is 0.503 e. The van der Waals surface area contributed by atoms with Gasteiger partial charge in [-0.25, -0.2) is 8.78 Å². The molecule has 2 aromatic rings. The fourth-order valence-corrected chi connectivity index (χ4v) is 6.11. The molecule has 1 aromatic carbocycles. The van der Waals surface area contributed by atoms with Crippen LogP contribution in [0.25, 0.3) is 0 Å². The van der Waals surface area contributed by atoms with Gasteiger partial charge in [-0.3, -0.25) is 14.4 Å². The molecule has 3 heterocycles. The van der Waals surface area contributed by atoms with Gasteiger partial charge < -0.3 is 24.6 Å². The lowest BCUT2D eigenvalue weighted by molar-refractivity contribution is -0.202. The monoisotopic (exact) mass is 491 g/mol. The Bertz CT molecular complexity index is 1330. The number of halogens is 3. The lowest BCUT2D eigenvalue weighted by Gasteiger charge is -2.53. The normalized spacial score (nSPS) is 28.6. The van der Waals surface area contributed by atoms with Crippen molar-refractivity contribution >= 4 is 23.4 Å². The number of hydrogen-bond donors (Lipinski definition) is 2. The summed E-state index contributed by atoms with van der Waals surface area (Å²) in [7, 11) is 0. The third kappa shape index (κ3) is 2.75. The van der Waals surface area contributed by atoms with E-state index >= 15 is 0 Å². The number of ether oxygens (including phenoxy) is 1. The van der Waals surface area contributed by atoms with E-state index in [1.54, 1.807) is 4.90 Å². The molecule has 4 aliphatic rings. The Kier molecular flexibility index (Phi) is 4.60. The maximum atomic E-state index is 14.2. The van der Waals surface area contributed by atoms with Gasteiger partial charge in [-0.15, -0.1) is 0 Å². The van der Waals surface area contributed by atoms with E-state index in [1.165, 1.54) is 10.8 Å². The molecule has 3 fully saturated rings. The highest BCUT2D eigenvalue weighted by Crippen LogP contribution is 2.66. The first kappa shape index (κ1) is 21.5. The number of fused-ring (bicyclic) bond motifs is 3. The Morgan fingerprint density at radius 3 is 2.88 bits per heavy atom. The Morgan fingerprint density at radius 1 is 1.29 bits per heavy atom. The van der Waals surface area contributed by atoms with Crippen LogP contribution in [0.1, 0.15) is 51.7 Å². The topological polar surface area (TPSA) is 101 Å². The predicted octanol–water partition coefficient (Wildman–Crippen LogP) is 2.57. The molecule has 178 valence electrons. The van der Waals surface area contributed by atoms with Crippen molar-refractivity contribution in [1.82, 2.24) is 14.8 Å². The molecule has 2 amide bonds. The zero-order valence-electron chi connectivity index (χ0n) is 17.8. The zero-order valence-corrected chi connectivity index (χ0v) is 18.6. The van der Waals surface area contributed by atoms with E-state index in [-0.39, 0.29) is 35.3 Å². The number of aromatic hydroxyl groups is 1. The average Bonchev–Trinajstić information content (AvgIpc) is 3.55. The van der Waals surface area contributed by atoms with Crippen LogP contribution in [0.2, 0.25) is 5.02 Å². The first-order valence-electron chi connectivity index (χ1n) is 11.1. The minimum Gasteiger partial charge on any atom is -0.503 e. The number of rotatable bonds is 3. The number of carbonyl (C=O) groups excluding carboxylic acids is 2. The van der Waals surface area contributed by atoms with Crippen LogP contribution in [0.5, 0.6) is 5.75 Å². The first-order valence-corrected chi connectivity index (χ1v) is 11.5. The number of aromatic nitrogens is 1. The molecule has 4 atom stereocenters. The van der Waals surface area contributed by atoms with E-state index in [9.17, 15) is 28.3 Å². The Balaban J connectivity index is 1.37. The number of benzene rings is 1. The lowest BCUT2D eigenvalue weighted by Crippen LogP contribution is -2.65. The molecule has 11 heteroatoms. The molecular formula is C23H20ClF2N3O5. The van der Waals surface area contributed by atoms with Gasteiger partial charge in [0.1, 0.15) is 22.2 Å². The van der Waals surface area contributed by atoms with Crippen molar-refractivity contribution in [3.63, 3.8) is 0 Å².